The fourth-order valence-corrected chi connectivity index (χ4v) is 2.04. The van der Waals surface area contributed by atoms with E-state index in [0.717, 1.165) is 26.0 Å². The molecule has 1 rings (SSSR count). The van der Waals surface area contributed by atoms with Gasteiger partial charge in [0.2, 0.25) is 0 Å². The van der Waals surface area contributed by atoms with Gasteiger partial charge in [-0.2, -0.15) is 0 Å². The first kappa shape index (κ1) is 16.2. The van der Waals surface area contributed by atoms with Gasteiger partial charge in [0.15, 0.2) is 0 Å². The molecule has 1 aromatic rings. The Morgan fingerprint density at radius 1 is 1.05 bits per heavy atom. The van der Waals surface area contributed by atoms with Crippen LogP contribution in [0.4, 0.5) is 0 Å². The molecule has 1 atom stereocenters. The van der Waals surface area contributed by atoms with Crippen LogP contribution in [-0.2, 0) is 22.3 Å². The van der Waals surface area contributed by atoms with Crippen LogP contribution in [0.5, 0.6) is 0 Å². The van der Waals surface area contributed by atoms with Crippen LogP contribution in [0.2, 0.25) is 0 Å². The van der Waals surface area contributed by atoms with Crippen molar-refractivity contribution in [3.05, 3.63) is 35.4 Å². The van der Waals surface area contributed by atoms with E-state index in [0.29, 0.717) is 19.3 Å². The molecular formula is C16H27NO2. The maximum atomic E-state index is 5.62. The minimum Gasteiger partial charge on any atom is -0.382 e. The number of hydrogen-bond donors (Lipinski definition) is 1. The highest BCUT2D eigenvalue weighted by atomic mass is 16.5. The molecule has 0 spiro atoms. The Labute approximate surface area is 117 Å². The van der Waals surface area contributed by atoms with Crippen molar-refractivity contribution in [2.24, 2.45) is 0 Å². The minimum absolute atomic E-state index is 0.370. The van der Waals surface area contributed by atoms with Crippen molar-refractivity contribution in [3.63, 3.8) is 0 Å². The smallest absolute Gasteiger partial charge is 0.0701 e. The lowest BCUT2D eigenvalue weighted by atomic mass is 10.0. The predicted octanol–water partition coefficient (Wildman–Crippen LogP) is 2.43. The Morgan fingerprint density at radius 3 is 2.32 bits per heavy atom. The van der Waals surface area contributed by atoms with E-state index >= 15 is 0 Å². The summed E-state index contributed by atoms with van der Waals surface area (Å²) >= 11 is 0. The minimum atomic E-state index is 0.370. The lowest BCUT2D eigenvalue weighted by Gasteiger charge is -2.18. The Morgan fingerprint density at radius 2 is 1.74 bits per heavy atom. The van der Waals surface area contributed by atoms with Crippen LogP contribution in [0.3, 0.4) is 0 Å². The lowest BCUT2D eigenvalue weighted by Crippen LogP contribution is -2.35. The number of rotatable bonds is 10. The van der Waals surface area contributed by atoms with Gasteiger partial charge in [-0.25, -0.2) is 0 Å². The molecule has 3 heteroatoms. The van der Waals surface area contributed by atoms with Crippen molar-refractivity contribution < 1.29 is 9.47 Å². The summed E-state index contributed by atoms with van der Waals surface area (Å²) in [7, 11) is 1.69. The zero-order chi connectivity index (χ0) is 13.9. The summed E-state index contributed by atoms with van der Waals surface area (Å²) in [5.74, 6) is 0. The van der Waals surface area contributed by atoms with E-state index < -0.39 is 0 Å². The molecule has 0 aromatic heterocycles. The predicted molar refractivity (Wildman–Crippen MR) is 79.7 cm³/mol. The number of benzene rings is 1. The normalized spacial score (nSPS) is 12.6. The molecule has 0 bridgehead atoms. The molecule has 1 unspecified atom stereocenters. The molecular weight excluding hydrogens is 238 g/mol. The molecule has 0 aliphatic rings. The lowest BCUT2D eigenvalue weighted by molar-refractivity contribution is 0.0589. The molecule has 0 saturated carbocycles. The molecule has 0 heterocycles. The van der Waals surface area contributed by atoms with Crippen molar-refractivity contribution >= 4 is 0 Å². The number of methoxy groups -OCH3 is 1. The van der Waals surface area contributed by atoms with Crippen molar-refractivity contribution in [1.82, 2.24) is 5.32 Å². The van der Waals surface area contributed by atoms with E-state index in [2.05, 4.69) is 43.4 Å². The molecule has 0 saturated heterocycles. The quantitative estimate of drug-likeness (QED) is 0.659. The van der Waals surface area contributed by atoms with E-state index in [1.165, 1.54) is 11.1 Å². The molecule has 0 radical (unpaired) electrons. The molecule has 1 N–H and O–H groups in total. The second kappa shape index (κ2) is 9.96. The second-order valence-electron chi connectivity index (χ2n) is 4.70. The first-order valence-electron chi connectivity index (χ1n) is 7.18. The standard InChI is InChI=1S/C16H27NO2/c1-4-14-6-8-15(9-7-14)12-16(17-5-2)13-19-11-10-18-3/h6-9,16-17H,4-5,10-13H2,1-3H3. The molecule has 0 aliphatic carbocycles. The summed E-state index contributed by atoms with van der Waals surface area (Å²) in [5.41, 5.74) is 2.75. The van der Waals surface area contributed by atoms with Crippen LogP contribution >= 0.6 is 0 Å². The molecule has 3 nitrogen and oxygen atoms in total. The second-order valence-corrected chi connectivity index (χ2v) is 4.70. The Kier molecular flexibility index (Phi) is 8.47. The van der Waals surface area contributed by atoms with Crippen LogP contribution in [0.15, 0.2) is 24.3 Å². The summed E-state index contributed by atoms with van der Waals surface area (Å²) in [6, 6.07) is 9.24. The fourth-order valence-electron chi connectivity index (χ4n) is 2.04. The maximum absolute atomic E-state index is 5.62. The van der Waals surface area contributed by atoms with Crippen LogP contribution < -0.4 is 5.32 Å². The van der Waals surface area contributed by atoms with Crippen molar-refractivity contribution in [1.29, 1.82) is 0 Å². The third-order valence-electron chi connectivity index (χ3n) is 3.16. The van der Waals surface area contributed by atoms with Crippen LogP contribution in [-0.4, -0.2) is 39.5 Å². The molecule has 0 aliphatic heterocycles. The van der Waals surface area contributed by atoms with Gasteiger partial charge in [-0.15, -0.1) is 0 Å². The molecule has 1 aromatic carbocycles. The van der Waals surface area contributed by atoms with Gasteiger partial charge in [-0.1, -0.05) is 38.1 Å². The topological polar surface area (TPSA) is 30.5 Å². The van der Waals surface area contributed by atoms with E-state index in [-0.39, 0.29) is 0 Å². The fraction of sp³-hybridized carbons (Fsp3) is 0.625. The Bertz CT molecular complexity index is 324. The van der Waals surface area contributed by atoms with Crippen molar-refractivity contribution in [3.8, 4) is 0 Å². The first-order valence-corrected chi connectivity index (χ1v) is 7.18. The van der Waals surface area contributed by atoms with Gasteiger partial charge < -0.3 is 14.8 Å². The largest absolute Gasteiger partial charge is 0.382 e. The average molecular weight is 265 g/mol. The third kappa shape index (κ3) is 6.71. The highest BCUT2D eigenvalue weighted by Gasteiger charge is 2.08. The zero-order valence-corrected chi connectivity index (χ0v) is 12.4. The van der Waals surface area contributed by atoms with Crippen LogP contribution in [0.1, 0.15) is 25.0 Å². The van der Waals surface area contributed by atoms with E-state index in [9.17, 15) is 0 Å². The Hall–Kier alpha value is -0.900. The summed E-state index contributed by atoms with van der Waals surface area (Å²) < 4.78 is 10.6. The van der Waals surface area contributed by atoms with E-state index in [4.69, 9.17) is 9.47 Å². The number of nitrogens with one attached hydrogen (secondary N) is 1. The molecule has 0 amide bonds. The van der Waals surface area contributed by atoms with E-state index in [1.807, 2.05) is 0 Å². The van der Waals surface area contributed by atoms with Gasteiger partial charge in [-0.05, 0) is 30.5 Å². The summed E-state index contributed by atoms with van der Waals surface area (Å²) in [6.07, 6.45) is 2.10. The summed E-state index contributed by atoms with van der Waals surface area (Å²) in [6.45, 7) is 7.32. The SMILES string of the molecule is CCNC(COCCOC)Cc1ccc(CC)cc1. The summed E-state index contributed by atoms with van der Waals surface area (Å²) in [4.78, 5) is 0. The van der Waals surface area contributed by atoms with E-state index in [1.54, 1.807) is 7.11 Å². The third-order valence-corrected chi connectivity index (χ3v) is 3.16. The van der Waals surface area contributed by atoms with Gasteiger partial charge in [0.1, 0.15) is 0 Å². The Balaban J connectivity index is 2.42. The van der Waals surface area contributed by atoms with Crippen LogP contribution in [0.25, 0.3) is 0 Å². The van der Waals surface area contributed by atoms with Crippen molar-refractivity contribution in [2.45, 2.75) is 32.7 Å². The number of ether oxygens (including phenoxy) is 2. The maximum Gasteiger partial charge on any atom is 0.0701 e. The van der Waals surface area contributed by atoms with Crippen molar-refractivity contribution in [2.75, 3.05) is 33.5 Å². The zero-order valence-electron chi connectivity index (χ0n) is 12.4. The summed E-state index contributed by atoms with van der Waals surface area (Å²) in [5, 5.41) is 3.47. The highest BCUT2D eigenvalue weighted by molar-refractivity contribution is 5.23. The first-order chi connectivity index (χ1) is 9.30. The highest BCUT2D eigenvalue weighted by Crippen LogP contribution is 2.08. The average Bonchev–Trinajstić information content (AvgIpc) is 2.44. The molecule has 0 fully saturated rings. The molecule has 108 valence electrons. The van der Waals surface area contributed by atoms with Gasteiger partial charge in [-0.3, -0.25) is 0 Å². The van der Waals surface area contributed by atoms with Gasteiger partial charge in [0.05, 0.1) is 19.8 Å². The van der Waals surface area contributed by atoms with Gasteiger partial charge >= 0.3 is 0 Å². The number of aryl methyl sites for hydroxylation is 1. The monoisotopic (exact) mass is 265 g/mol. The van der Waals surface area contributed by atoms with Gasteiger partial charge in [0, 0.05) is 13.2 Å². The van der Waals surface area contributed by atoms with Gasteiger partial charge in [0.25, 0.3) is 0 Å². The molecule has 19 heavy (non-hydrogen) atoms. The van der Waals surface area contributed by atoms with Crippen LogP contribution in [0, 0.1) is 0 Å². The number of likely N-dealkylation sites (N-methyl/N-ethyl adjacent to an activating group) is 1. The number of hydrogen-bond acceptors (Lipinski definition) is 3.